The Morgan fingerprint density at radius 3 is 2.70 bits per heavy atom. The zero-order valence-corrected chi connectivity index (χ0v) is 12.9. The maximum atomic E-state index is 12.3. The van der Waals surface area contributed by atoms with E-state index in [2.05, 4.69) is 5.32 Å². The number of carbonyl (C=O) groups excluding carboxylic acids is 2. The fourth-order valence-electron chi connectivity index (χ4n) is 2.56. The smallest absolute Gasteiger partial charge is 0.330 e. The first-order valence-electron chi connectivity index (χ1n) is 7.37. The summed E-state index contributed by atoms with van der Waals surface area (Å²) >= 11 is 0. The number of nitrogens with one attached hydrogen (secondary N) is 1. The molecular weight excluding hydrogens is 300 g/mol. The quantitative estimate of drug-likeness (QED) is 0.759. The van der Waals surface area contributed by atoms with Crippen molar-refractivity contribution in [1.82, 2.24) is 10.2 Å². The number of amides is 2. The van der Waals surface area contributed by atoms with Crippen LogP contribution in [-0.2, 0) is 19.1 Å². The lowest BCUT2D eigenvalue weighted by Gasteiger charge is -2.18. The third kappa shape index (κ3) is 4.29. The number of carbonyl (C=O) groups is 3. The van der Waals surface area contributed by atoms with Crippen molar-refractivity contribution in [2.24, 2.45) is 5.92 Å². The number of carboxylic acid groups (broad SMARTS) is 1. The highest BCUT2D eigenvalue weighted by Gasteiger charge is 2.35. The average molecular weight is 320 g/mol. The van der Waals surface area contributed by atoms with Gasteiger partial charge in [-0.05, 0) is 5.56 Å². The Hall–Kier alpha value is -2.41. The molecular formula is C16H20N2O5. The highest BCUT2D eigenvalue weighted by atomic mass is 16.5. The Bertz CT molecular complexity index is 575. The first-order valence-corrected chi connectivity index (χ1v) is 7.37. The molecule has 0 saturated carbocycles. The summed E-state index contributed by atoms with van der Waals surface area (Å²) in [7, 11) is 1.54. The lowest BCUT2D eigenvalue weighted by atomic mass is 10.0. The summed E-state index contributed by atoms with van der Waals surface area (Å²) in [5.41, 5.74) is 0.494. The van der Waals surface area contributed by atoms with Gasteiger partial charge >= 0.3 is 5.97 Å². The van der Waals surface area contributed by atoms with Gasteiger partial charge in [0.2, 0.25) is 11.8 Å². The molecule has 0 aromatic heterocycles. The average Bonchev–Trinajstić information content (AvgIpc) is 2.92. The van der Waals surface area contributed by atoms with Crippen molar-refractivity contribution in [3.8, 4) is 0 Å². The molecule has 7 heteroatoms. The molecule has 7 nitrogen and oxygen atoms in total. The molecule has 1 aromatic carbocycles. The molecule has 0 bridgehead atoms. The number of likely N-dealkylation sites (tertiary alicyclic amines) is 1. The number of hydrogen-bond acceptors (Lipinski definition) is 4. The molecule has 1 saturated heterocycles. The summed E-state index contributed by atoms with van der Waals surface area (Å²) in [6, 6.07) is 7.36. The van der Waals surface area contributed by atoms with E-state index in [0.29, 0.717) is 18.7 Å². The molecule has 1 unspecified atom stereocenters. The van der Waals surface area contributed by atoms with Gasteiger partial charge in [-0.2, -0.15) is 0 Å². The number of nitrogens with zero attached hydrogens (tertiary/aromatic N) is 1. The molecule has 0 radical (unpaired) electrons. The maximum absolute atomic E-state index is 12.3. The van der Waals surface area contributed by atoms with E-state index in [1.165, 1.54) is 0 Å². The maximum Gasteiger partial charge on any atom is 0.330 e. The summed E-state index contributed by atoms with van der Waals surface area (Å²) in [4.78, 5) is 37.1. The summed E-state index contributed by atoms with van der Waals surface area (Å²) in [6.07, 6.45) is 0.0939. The zero-order chi connectivity index (χ0) is 16.8. The van der Waals surface area contributed by atoms with E-state index >= 15 is 0 Å². The SMILES string of the molecule is COCCN1CC(C(=O)N[C@@H](C(=O)O)c2ccccc2)CC1=O. The van der Waals surface area contributed by atoms with E-state index in [9.17, 15) is 19.5 Å². The van der Waals surface area contributed by atoms with Crippen molar-refractivity contribution in [2.75, 3.05) is 26.8 Å². The van der Waals surface area contributed by atoms with Gasteiger partial charge in [-0.1, -0.05) is 30.3 Å². The molecule has 0 spiro atoms. The summed E-state index contributed by atoms with van der Waals surface area (Å²) in [6.45, 7) is 1.12. The van der Waals surface area contributed by atoms with Crippen molar-refractivity contribution in [3.63, 3.8) is 0 Å². The third-order valence-corrected chi connectivity index (χ3v) is 3.82. The second kappa shape index (κ2) is 7.73. The largest absolute Gasteiger partial charge is 0.479 e. The monoisotopic (exact) mass is 320 g/mol. The van der Waals surface area contributed by atoms with E-state index in [-0.39, 0.29) is 18.9 Å². The van der Waals surface area contributed by atoms with Crippen molar-refractivity contribution >= 4 is 17.8 Å². The first-order chi connectivity index (χ1) is 11.0. The zero-order valence-electron chi connectivity index (χ0n) is 12.9. The molecule has 1 fully saturated rings. The number of ether oxygens (including phenoxy) is 1. The van der Waals surface area contributed by atoms with Gasteiger partial charge in [0.1, 0.15) is 0 Å². The number of carboxylic acids is 1. The first kappa shape index (κ1) is 17.0. The van der Waals surface area contributed by atoms with Crippen LogP contribution in [0.25, 0.3) is 0 Å². The van der Waals surface area contributed by atoms with Crippen LogP contribution in [0.15, 0.2) is 30.3 Å². The van der Waals surface area contributed by atoms with Crippen LogP contribution >= 0.6 is 0 Å². The number of aliphatic carboxylic acids is 1. The second-order valence-electron chi connectivity index (χ2n) is 5.42. The van der Waals surface area contributed by atoms with Gasteiger partial charge in [-0.25, -0.2) is 4.79 Å². The van der Waals surface area contributed by atoms with Crippen LogP contribution in [0, 0.1) is 5.92 Å². The molecule has 2 rings (SSSR count). The molecule has 1 aromatic rings. The van der Waals surface area contributed by atoms with Gasteiger partial charge in [-0.15, -0.1) is 0 Å². The predicted octanol–water partition coefficient (Wildman–Crippen LogP) is 0.423. The summed E-state index contributed by atoms with van der Waals surface area (Å²) in [5.74, 6) is -2.21. The normalized spacial score (nSPS) is 18.7. The number of methoxy groups -OCH3 is 1. The number of benzene rings is 1. The standard InChI is InChI=1S/C16H20N2O5/c1-23-8-7-18-10-12(9-13(18)19)15(20)17-14(16(21)22)11-5-3-2-4-6-11/h2-6,12,14H,7-10H2,1H3,(H,17,20)(H,21,22)/t12?,14-/m1/s1. The van der Waals surface area contributed by atoms with Crippen molar-refractivity contribution < 1.29 is 24.2 Å². The Morgan fingerprint density at radius 1 is 1.39 bits per heavy atom. The minimum absolute atomic E-state index is 0.0939. The molecule has 2 N–H and O–H groups in total. The van der Waals surface area contributed by atoms with E-state index < -0.39 is 23.8 Å². The topological polar surface area (TPSA) is 95.9 Å². The minimum Gasteiger partial charge on any atom is -0.479 e. The van der Waals surface area contributed by atoms with Crippen LogP contribution in [-0.4, -0.2) is 54.6 Å². The van der Waals surface area contributed by atoms with E-state index in [4.69, 9.17) is 4.74 Å². The molecule has 0 aliphatic carbocycles. The van der Waals surface area contributed by atoms with E-state index in [0.717, 1.165) is 0 Å². The van der Waals surface area contributed by atoms with E-state index in [1.54, 1.807) is 42.3 Å². The molecule has 2 atom stereocenters. The van der Waals surface area contributed by atoms with E-state index in [1.807, 2.05) is 0 Å². The van der Waals surface area contributed by atoms with Crippen LogP contribution < -0.4 is 5.32 Å². The molecule has 23 heavy (non-hydrogen) atoms. The molecule has 124 valence electrons. The van der Waals surface area contributed by atoms with Gasteiger partial charge in [0.15, 0.2) is 6.04 Å². The molecule has 2 amide bonds. The lowest BCUT2D eigenvalue weighted by Crippen LogP contribution is -2.39. The molecule has 1 aliphatic rings. The van der Waals surface area contributed by atoms with Gasteiger partial charge in [0.25, 0.3) is 0 Å². The lowest BCUT2D eigenvalue weighted by molar-refractivity contribution is -0.142. The van der Waals surface area contributed by atoms with Crippen LogP contribution in [0.3, 0.4) is 0 Å². The van der Waals surface area contributed by atoms with Gasteiger partial charge in [0.05, 0.1) is 12.5 Å². The highest BCUT2D eigenvalue weighted by Crippen LogP contribution is 2.20. The third-order valence-electron chi connectivity index (χ3n) is 3.82. The number of rotatable bonds is 7. The predicted molar refractivity (Wildman–Crippen MR) is 81.5 cm³/mol. The summed E-state index contributed by atoms with van der Waals surface area (Å²) < 4.78 is 4.93. The van der Waals surface area contributed by atoms with Crippen molar-refractivity contribution in [1.29, 1.82) is 0 Å². The van der Waals surface area contributed by atoms with Gasteiger partial charge in [0, 0.05) is 26.6 Å². The van der Waals surface area contributed by atoms with Crippen LogP contribution in [0.2, 0.25) is 0 Å². The molecule has 1 aliphatic heterocycles. The Kier molecular flexibility index (Phi) is 5.70. The Balaban J connectivity index is 2.00. The van der Waals surface area contributed by atoms with Gasteiger partial charge in [-0.3, -0.25) is 9.59 Å². The van der Waals surface area contributed by atoms with Gasteiger partial charge < -0.3 is 20.1 Å². The highest BCUT2D eigenvalue weighted by molar-refractivity contribution is 5.91. The Morgan fingerprint density at radius 2 is 2.09 bits per heavy atom. The van der Waals surface area contributed by atoms with Crippen molar-refractivity contribution in [3.05, 3.63) is 35.9 Å². The minimum atomic E-state index is -1.13. The van der Waals surface area contributed by atoms with Crippen LogP contribution in [0.5, 0.6) is 0 Å². The number of hydrogen-bond donors (Lipinski definition) is 2. The summed E-state index contributed by atoms with van der Waals surface area (Å²) in [5, 5.41) is 11.9. The van der Waals surface area contributed by atoms with Crippen LogP contribution in [0.4, 0.5) is 0 Å². The fourth-order valence-corrected chi connectivity index (χ4v) is 2.56. The Labute approximate surface area is 134 Å². The second-order valence-corrected chi connectivity index (χ2v) is 5.42. The van der Waals surface area contributed by atoms with Crippen molar-refractivity contribution in [2.45, 2.75) is 12.5 Å². The molecule has 1 heterocycles. The van der Waals surface area contributed by atoms with Crippen LogP contribution in [0.1, 0.15) is 18.0 Å². The fraction of sp³-hybridized carbons (Fsp3) is 0.438.